The number of rotatable bonds is 2. The number of aliphatic hydroxyl groups is 4. The summed E-state index contributed by atoms with van der Waals surface area (Å²) in [6, 6.07) is 0. The minimum atomic E-state index is -2.45. The van der Waals surface area contributed by atoms with Gasteiger partial charge in [0.2, 0.25) is 5.95 Å². The van der Waals surface area contributed by atoms with Crippen molar-refractivity contribution in [1.29, 1.82) is 0 Å². The minimum absolute atomic E-state index is 0.103. The number of imidazole rings is 1. The van der Waals surface area contributed by atoms with Gasteiger partial charge in [-0.3, -0.25) is 14.3 Å². The fraction of sp³-hybridized carbons (Fsp3) is 0.545. The molecule has 3 heterocycles. The van der Waals surface area contributed by atoms with E-state index in [0.717, 1.165) is 4.57 Å². The number of aliphatic hydroxyl groups excluding tert-OH is 3. The highest BCUT2D eigenvalue weighted by Crippen LogP contribution is 2.35. The molecule has 0 aliphatic carbocycles. The van der Waals surface area contributed by atoms with Gasteiger partial charge in [-0.2, -0.15) is 4.98 Å². The second kappa shape index (κ2) is 4.72. The van der Waals surface area contributed by atoms with Gasteiger partial charge in [0.05, 0.1) is 6.61 Å². The molecule has 0 spiro atoms. The van der Waals surface area contributed by atoms with E-state index in [-0.39, 0.29) is 22.9 Å². The molecule has 120 valence electrons. The minimum Gasteiger partial charge on any atom is -0.394 e. The van der Waals surface area contributed by atoms with Crippen molar-refractivity contribution in [1.82, 2.24) is 19.5 Å². The van der Waals surface area contributed by atoms with Crippen LogP contribution in [-0.2, 0) is 10.6 Å². The summed E-state index contributed by atoms with van der Waals surface area (Å²) >= 11 is 0. The van der Waals surface area contributed by atoms with E-state index in [0.29, 0.717) is 0 Å². The quantitative estimate of drug-likeness (QED) is 0.331. The largest absolute Gasteiger partial charge is 0.394 e. The van der Waals surface area contributed by atoms with Crippen molar-refractivity contribution < 1.29 is 25.2 Å². The lowest BCUT2D eigenvalue weighted by molar-refractivity contribution is -0.287. The van der Waals surface area contributed by atoms with Crippen LogP contribution in [0.25, 0.3) is 11.2 Å². The number of anilines is 1. The fourth-order valence-corrected chi connectivity index (χ4v) is 2.60. The van der Waals surface area contributed by atoms with Gasteiger partial charge in [0, 0.05) is 0 Å². The molecule has 2 aromatic heterocycles. The zero-order chi connectivity index (χ0) is 16.2. The second-order valence-electron chi connectivity index (χ2n) is 5.05. The summed E-state index contributed by atoms with van der Waals surface area (Å²) < 4.78 is 6.13. The van der Waals surface area contributed by atoms with Crippen molar-refractivity contribution in [2.75, 3.05) is 12.3 Å². The average Bonchev–Trinajstić information content (AvgIpc) is 2.89. The Labute approximate surface area is 122 Å². The molecule has 11 nitrogen and oxygen atoms in total. The highest BCUT2D eigenvalue weighted by atomic mass is 16.7. The number of aromatic nitrogens is 4. The number of nitrogens with two attached hydrogens (primary N) is 1. The Balaban J connectivity index is 2.26. The first kappa shape index (κ1) is 14.9. The van der Waals surface area contributed by atoms with Gasteiger partial charge >= 0.3 is 0 Å². The highest BCUT2D eigenvalue weighted by molar-refractivity contribution is 5.71. The van der Waals surface area contributed by atoms with Gasteiger partial charge in [0.25, 0.3) is 11.5 Å². The van der Waals surface area contributed by atoms with Gasteiger partial charge < -0.3 is 30.9 Å². The molecule has 0 amide bonds. The summed E-state index contributed by atoms with van der Waals surface area (Å²) in [5.74, 6) is -2.56. The molecule has 0 bridgehead atoms. The Morgan fingerprint density at radius 1 is 1.45 bits per heavy atom. The highest BCUT2D eigenvalue weighted by Gasteiger charge is 2.56. The number of H-pyrrole nitrogens is 1. The zero-order valence-electron chi connectivity index (χ0n) is 11.5. The monoisotopic (exact) mass is 313 g/mol. The third-order valence-electron chi connectivity index (χ3n) is 3.62. The molecule has 7 N–H and O–H groups in total. The van der Waals surface area contributed by atoms with Crippen molar-refractivity contribution in [3.8, 4) is 0 Å². The van der Waals surface area contributed by atoms with Crippen LogP contribution in [0.15, 0.2) is 4.79 Å². The molecule has 4 atom stereocenters. The van der Waals surface area contributed by atoms with Gasteiger partial charge in [0.1, 0.15) is 18.0 Å². The number of hydrogen-bond donors (Lipinski definition) is 6. The first-order valence-electron chi connectivity index (χ1n) is 6.42. The Morgan fingerprint density at radius 3 is 2.73 bits per heavy atom. The van der Waals surface area contributed by atoms with E-state index in [1.807, 2.05) is 0 Å². The van der Waals surface area contributed by atoms with Crippen LogP contribution in [0.4, 0.5) is 5.95 Å². The van der Waals surface area contributed by atoms with Crippen LogP contribution in [-0.4, -0.2) is 64.9 Å². The zero-order valence-corrected chi connectivity index (χ0v) is 11.5. The van der Waals surface area contributed by atoms with E-state index in [4.69, 9.17) is 15.6 Å². The summed E-state index contributed by atoms with van der Waals surface area (Å²) in [7, 11) is 0. The van der Waals surface area contributed by atoms with E-state index >= 15 is 0 Å². The number of nitrogen functional groups attached to an aromatic ring is 1. The molecule has 1 saturated heterocycles. The van der Waals surface area contributed by atoms with Crippen LogP contribution >= 0.6 is 0 Å². The maximum atomic E-state index is 11.8. The molecule has 1 aliphatic rings. The number of nitrogens with zero attached hydrogens (tertiary/aromatic N) is 3. The lowest BCUT2D eigenvalue weighted by Crippen LogP contribution is -2.46. The molecule has 0 radical (unpaired) electrons. The van der Waals surface area contributed by atoms with E-state index in [1.165, 1.54) is 6.92 Å². The maximum absolute atomic E-state index is 11.8. The van der Waals surface area contributed by atoms with Crippen molar-refractivity contribution in [3.05, 3.63) is 16.2 Å². The van der Waals surface area contributed by atoms with Gasteiger partial charge in [-0.1, -0.05) is 0 Å². The third-order valence-corrected chi connectivity index (χ3v) is 3.62. The Bertz CT molecular complexity index is 787. The Hall–Kier alpha value is -2.05. The summed E-state index contributed by atoms with van der Waals surface area (Å²) in [6.07, 6.45) is -4.54. The average molecular weight is 313 g/mol. The number of fused-ring (bicyclic) bond motifs is 1. The van der Waals surface area contributed by atoms with Crippen LogP contribution in [0.3, 0.4) is 0 Å². The van der Waals surface area contributed by atoms with Crippen LogP contribution in [0.1, 0.15) is 5.82 Å². The molecular weight excluding hydrogens is 298 g/mol. The van der Waals surface area contributed by atoms with Gasteiger partial charge in [-0.15, -0.1) is 0 Å². The number of aromatic amines is 1. The Kier molecular flexibility index (Phi) is 3.19. The standard InChI is InChI=1S/C11H15N5O6/c1-3-13-5-8(14-10(12)15-9(5)20)16(3)11(21)7(19)6(18)4(2-17)22-11/h4,6-7,17-19,21H,2H2,1H3,(H3,12,14,15,20)/t4-,6-,7-,11+/m1/s1. The van der Waals surface area contributed by atoms with Crippen molar-refractivity contribution in [2.24, 2.45) is 0 Å². The molecule has 0 unspecified atom stereocenters. The van der Waals surface area contributed by atoms with E-state index in [1.54, 1.807) is 0 Å². The third kappa shape index (κ3) is 1.84. The van der Waals surface area contributed by atoms with E-state index in [9.17, 15) is 20.1 Å². The predicted molar refractivity (Wildman–Crippen MR) is 71.5 cm³/mol. The van der Waals surface area contributed by atoms with Crippen molar-refractivity contribution in [2.45, 2.75) is 31.1 Å². The number of aryl methyl sites for hydroxylation is 1. The SMILES string of the molecule is Cc1nc2c(=O)[nH]c(N)nc2n1[C@@]1(O)O[C@H](CO)[C@@H](O)[C@H]1O. The smallest absolute Gasteiger partial charge is 0.286 e. The van der Waals surface area contributed by atoms with Crippen LogP contribution in [0, 0.1) is 6.92 Å². The fourth-order valence-electron chi connectivity index (χ4n) is 2.60. The second-order valence-corrected chi connectivity index (χ2v) is 5.05. The molecule has 2 aromatic rings. The molecule has 1 fully saturated rings. The molecule has 22 heavy (non-hydrogen) atoms. The van der Waals surface area contributed by atoms with Crippen molar-refractivity contribution in [3.63, 3.8) is 0 Å². The number of hydrogen-bond acceptors (Lipinski definition) is 9. The predicted octanol–water partition coefficient (Wildman–Crippen LogP) is -3.27. The van der Waals surface area contributed by atoms with Gasteiger partial charge in [-0.05, 0) is 6.92 Å². The van der Waals surface area contributed by atoms with Crippen molar-refractivity contribution >= 4 is 17.1 Å². The first-order chi connectivity index (χ1) is 10.3. The number of ether oxygens (including phenoxy) is 1. The summed E-state index contributed by atoms with van der Waals surface area (Å²) in [5.41, 5.74) is 4.62. The molecule has 0 saturated carbocycles. The molecule has 0 aromatic carbocycles. The van der Waals surface area contributed by atoms with Crippen LogP contribution in [0.2, 0.25) is 0 Å². The summed E-state index contributed by atoms with van der Waals surface area (Å²) in [6.45, 7) is 0.826. The first-order valence-corrected chi connectivity index (χ1v) is 6.42. The van der Waals surface area contributed by atoms with Gasteiger partial charge in [-0.25, -0.2) is 4.98 Å². The lowest BCUT2D eigenvalue weighted by Gasteiger charge is -2.28. The Morgan fingerprint density at radius 2 is 2.14 bits per heavy atom. The lowest BCUT2D eigenvalue weighted by atomic mass is 10.1. The van der Waals surface area contributed by atoms with E-state index < -0.39 is 36.4 Å². The topological polar surface area (TPSA) is 180 Å². The maximum Gasteiger partial charge on any atom is 0.286 e. The summed E-state index contributed by atoms with van der Waals surface area (Å²) in [4.78, 5) is 21.9. The van der Waals surface area contributed by atoms with Gasteiger partial charge in [0.15, 0.2) is 17.3 Å². The van der Waals surface area contributed by atoms with Crippen LogP contribution in [0.5, 0.6) is 0 Å². The summed E-state index contributed by atoms with van der Waals surface area (Å²) in [5, 5.41) is 39.7. The molecule has 1 aliphatic heterocycles. The molecule has 11 heteroatoms. The molecular formula is C11H15N5O6. The molecule has 3 rings (SSSR count). The number of nitrogens with one attached hydrogen (secondary N) is 1. The normalized spacial score (nSPS) is 32.0. The van der Waals surface area contributed by atoms with E-state index in [2.05, 4.69) is 15.0 Å². The van der Waals surface area contributed by atoms with Crippen LogP contribution < -0.4 is 11.3 Å².